The van der Waals surface area contributed by atoms with Gasteiger partial charge in [0, 0.05) is 55.0 Å². The molecule has 5 rings (SSSR count). The Kier molecular flexibility index (Phi) is 6.90. The molecule has 1 aromatic carbocycles. The van der Waals surface area contributed by atoms with Crippen LogP contribution in [0.2, 0.25) is 0 Å². The highest BCUT2D eigenvalue weighted by molar-refractivity contribution is 6.04. The number of anilines is 2. The number of amides is 1. The van der Waals surface area contributed by atoms with E-state index in [2.05, 4.69) is 28.2 Å². The third-order valence-corrected chi connectivity index (χ3v) is 7.72. The van der Waals surface area contributed by atoms with Crippen LogP contribution in [-0.4, -0.2) is 41.7 Å². The summed E-state index contributed by atoms with van der Waals surface area (Å²) in [5.41, 5.74) is 3.55. The van der Waals surface area contributed by atoms with E-state index >= 15 is 0 Å². The monoisotopic (exact) mass is 524 g/mol. The van der Waals surface area contributed by atoms with Gasteiger partial charge in [0.1, 0.15) is 11.5 Å². The van der Waals surface area contributed by atoms with Crippen molar-refractivity contribution in [1.29, 1.82) is 0 Å². The van der Waals surface area contributed by atoms with Gasteiger partial charge in [0.05, 0.1) is 0 Å². The molecule has 2 aliphatic rings. The van der Waals surface area contributed by atoms with E-state index in [4.69, 9.17) is 9.72 Å². The molecule has 0 saturated heterocycles. The third kappa shape index (κ3) is 4.99. The van der Waals surface area contributed by atoms with E-state index in [0.29, 0.717) is 18.2 Å². The molecule has 1 saturated carbocycles. The molecule has 3 aromatic rings. The lowest BCUT2D eigenvalue weighted by molar-refractivity contribution is -0.141. The molecule has 1 N–H and O–H groups in total. The Morgan fingerprint density at radius 3 is 2.66 bits per heavy atom. The number of fused-ring (bicyclic) bond motifs is 1. The molecule has 1 aliphatic heterocycles. The SMILES string of the molecule is CCN1c2ncc(-c3cc(NC(=O)c4ccnc(C(F)(F)F)c4)ccc3C)cc2C(CCOC)CC12CC2. The molecule has 1 unspecified atom stereocenters. The number of nitrogens with zero attached hydrogens (tertiary/aromatic N) is 3. The lowest BCUT2D eigenvalue weighted by Crippen LogP contribution is -2.43. The van der Waals surface area contributed by atoms with Crippen LogP contribution in [-0.2, 0) is 10.9 Å². The fourth-order valence-corrected chi connectivity index (χ4v) is 5.61. The number of pyridine rings is 2. The van der Waals surface area contributed by atoms with Gasteiger partial charge in [0.15, 0.2) is 0 Å². The number of alkyl halides is 3. The van der Waals surface area contributed by atoms with Crippen LogP contribution < -0.4 is 10.2 Å². The number of aryl methyl sites for hydroxylation is 1. The van der Waals surface area contributed by atoms with Crippen LogP contribution in [0.4, 0.5) is 24.7 Å². The van der Waals surface area contributed by atoms with Crippen molar-refractivity contribution in [3.63, 3.8) is 0 Å². The number of hydrogen-bond acceptors (Lipinski definition) is 5. The summed E-state index contributed by atoms with van der Waals surface area (Å²) in [6.07, 6.45) is 2.63. The molecule has 1 fully saturated rings. The van der Waals surface area contributed by atoms with E-state index in [1.54, 1.807) is 13.2 Å². The van der Waals surface area contributed by atoms with Gasteiger partial charge in [-0.15, -0.1) is 0 Å². The van der Waals surface area contributed by atoms with Crippen LogP contribution in [0.5, 0.6) is 0 Å². The van der Waals surface area contributed by atoms with Crippen molar-refractivity contribution >= 4 is 17.4 Å². The maximum absolute atomic E-state index is 13.0. The molecular weight excluding hydrogens is 493 g/mol. The molecule has 1 aliphatic carbocycles. The Bertz CT molecular complexity index is 1350. The Morgan fingerprint density at radius 2 is 1.97 bits per heavy atom. The zero-order valence-corrected chi connectivity index (χ0v) is 21.7. The van der Waals surface area contributed by atoms with Gasteiger partial charge in [-0.2, -0.15) is 13.2 Å². The van der Waals surface area contributed by atoms with Crippen LogP contribution in [0.25, 0.3) is 11.1 Å². The summed E-state index contributed by atoms with van der Waals surface area (Å²) in [6, 6.07) is 9.69. The summed E-state index contributed by atoms with van der Waals surface area (Å²) in [5.74, 6) is 0.756. The highest BCUT2D eigenvalue weighted by atomic mass is 19.4. The highest BCUT2D eigenvalue weighted by Crippen LogP contribution is 2.56. The summed E-state index contributed by atoms with van der Waals surface area (Å²) in [5, 5.41) is 2.73. The van der Waals surface area contributed by atoms with E-state index in [1.165, 1.54) is 24.5 Å². The number of halogens is 3. The topological polar surface area (TPSA) is 67.4 Å². The predicted octanol–water partition coefficient (Wildman–Crippen LogP) is 6.61. The van der Waals surface area contributed by atoms with Gasteiger partial charge in [0.25, 0.3) is 5.91 Å². The minimum atomic E-state index is -4.62. The Hall–Kier alpha value is -3.46. The van der Waals surface area contributed by atoms with Crippen molar-refractivity contribution in [3.05, 3.63) is 71.2 Å². The average Bonchev–Trinajstić information content (AvgIpc) is 3.67. The molecule has 1 atom stereocenters. The Balaban J connectivity index is 1.45. The molecule has 0 radical (unpaired) electrons. The van der Waals surface area contributed by atoms with Gasteiger partial charge in [-0.25, -0.2) is 4.98 Å². The van der Waals surface area contributed by atoms with Crippen LogP contribution in [0.15, 0.2) is 48.8 Å². The number of carbonyl (C=O) groups is 1. The molecule has 38 heavy (non-hydrogen) atoms. The quantitative estimate of drug-likeness (QED) is 0.377. The first-order valence-corrected chi connectivity index (χ1v) is 12.9. The van der Waals surface area contributed by atoms with Crippen LogP contribution in [0.1, 0.15) is 65.7 Å². The number of carbonyl (C=O) groups excluding carboxylic acids is 1. The maximum Gasteiger partial charge on any atom is 0.433 e. The van der Waals surface area contributed by atoms with Gasteiger partial charge in [0.2, 0.25) is 0 Å². The summed E-state index contributed by atoms with van der Waals surface area (Å²) >= 11 is 0. The zero-order valence-electron chi connectivity index (χ0n) is 21.7. The number of methoxy groups -OCH3 is 1. The second-order valence-corrected chi connectivity index (χ2v) is 10.2. The molecule has 2 aromatic heterocycles. The molecule has 200 valence electrons. The summed E-state index contributed by atoms with van der Waals surface area (Å²) < 4.78 is 44.5. The number of hydrogen-bond donors (Lipinski definition) is 1. The zero-order chi connectivity index (χ0) is 27.1. The standard InChI is InChI=1S/C29H31F3N4O2/c1-4-36-26-24(20(8-12-38-3)16-28(36)9-10-28)13-21(17-34-26)23-15-22(6-5-18(23)2)35-27(37)19-7-11-33-25(14-19)29(30,31)32/h5-7,11,13-15,17,20H,4,8-10,12,16H2,1-3H3,(H,35,37). The van der Waals surface area contributed by atoms with Gasteiger partial charge < -0.3 is 15.0 Å². The van der Waals surface area contributed by atoms with Crippen molar-refractivity contribution < 1.29 is 22.7 Å². The second-order valence-electron chi connectivity index (χ2n) is 10.2. The van der Waals surface area contributed by atoms with Crippen LogP contribution in [0, 0.1) is 6.92 Å². The van der Waals surface area contributed by atoms with Crippen molar-refractivity contribution in [2.75, 3.05) is 30.5 Å². The lowest BCUT2D eigenvalue weighted by atomic mass is 9.82. The summed E-state index contributed by atoms with van der Waals surface area (Å²) in [4.78, 5) is 23.5. The normalized spacial score (nSPS) is 17.8. The number of aromatic nitrogens is 2. The molecule has 1 amide bonds. The van der Waals surface area contributed by atoms with E-state index in [1.807, 2.05) is 25.3 Å². The van der Waals surface area contributed by atoms with Crippen molar-refractivity contribution in [2.24, 2.45) is 0 Å². The maximum atomic E-state index is 13.0. The molecule has 9 heteroatoms. The van der Waals surface area contributed by atoms with Gasteiger partial charge >= 0.3 is 6.18 Å². The number of nitrogens with one attached hydrogen (secondary N) is 1. The van der Waals surface area contributed by atoms with E-state index in [-0.39, 0.29) is 11.1 Å². The van der Waals surface area contributed by atoms with E-state index in [9.17, 15) is 18.0 Å². The molecule has 6 nitrogen and oxygen atoms in total. The molecule has 1 spiro atoms. The largest absolute Gasteiger partial charge is 0.433 e. The fraction of sp³-hybridized carbons (Fsp3) is 0.414. The number of benzene rings is 1. The Morgan fingerprint density at radius 1 is 1.18 bits per heavy atom. The molecule has 0 bridgehead atoms. The van der Waals surface area contributed by atoms with E-state index < -0.39 is 17.8 Å². The Labute approximate surface area is 220 Å². The fourth-order valence-electron chi connectivity index (χ4n) is 5.61. The first-order chi connectivity index (χ1) is 18.1. The second kappa shape index (κ2) is 10.0. The first-order valence-electron chi connectivity index (χ1n) is 12.9. The predicted molar refractivity (Wildman–Crippen MR) is 140 cm³/mol. The van der Waals surface area contributed by atoms with Gasteiger partial charge in [-0.05, 0) is 92.5 Å². The molecule has 3 heterocycles. The van der Waals surface area contributed by atoms with Gasteiger partial charge in [-0.3, -0.25) is 9.78 Å². The lowest BCUT2D eigenvalue weighted by Gasteiger charge is -2.42. The van der Waals surface area contributed by atoms with E-state index in [0.717, 1.165) is 54.2 Å². The van der Waals surface area contributed by atoms with Gasteiger partial charge in [-0.1, -0.05) is 6.07 Å². The minimum Gasteiger partial charge on any atom is -0.385 e. The van der Waals surface area contributed by atoms with Crippen LogP contribution >= 0.6 is 0 Å². The van der Waals surface area contributed by atoms with Crippen LogP contribution in [0.3, 0.4) is 0 Å². The smallest absolute Gasteiger partial charge is 0.385 e. The van der Waals surface area contributed by atoms with Crippen molar-refractivity contribution in [3.8, 4) is 11.1 Å². The molecular formula is C29H31F3N4O2. The number of rotatable bonds is 7. The first kappa shape index (κ1) is 26.2. The minimum absolute atomic E-state index is 0.112. The number of ether oxygens (including phenoxy) is 1. The summed E-state index contributed by atoms with van der Waals surface area (Å²) in [6.45, 7) is 5.74. The third-order valence-electron chi connectivity index (χ3n) is 7.72. The highest BCUT2D eigenvalue weighted by Gasteiger charge is 2.52. The van der Waals surface area contributed by atoms with Crippen molar-refractivity contribution in [2.45, 2.75) is 57.2 Å². The average molecular weight is 525 g/mol. The summed E-state index contributed by atoms with van der Waals surface area (Å²) in [7, 11) is 1.72. The van der Waals surface area contributed by atoms with Crippen molar-refractivity contribution in [1.82, 2.24) is 9.97 Å².